The number of aryl methyl sites for hydroxylation is 1. The van der Waals surface area contributed by atoms with Gasteiger partial charge in [-0.15, -0.1) is 11.8 Å². The summed E-state index contributed by atoms with van der Waals surface area (Å²) in [4.78, 5) is 5.76. The summed E-state index contributed by atoms with van der Waals surface area (Å²) in [5.74, 6) is 1.96. The molecule has 0 aliphatic carbocycles. The summed E-state index contributed by atoms with van der Waals surface area (Å²) < 4.78 is 1.03. The van der Waals surface area contributed by atoms with Crippen molar-refractivity contribution in [1.29, 1.82) is 0 Å². The lowest BCUT2D eigenvalue weighted by atomic mass is 10.3. The Morgan fingerprint density at radius 1 is 1.17 bits per heavy atom. The number of nitrogens with one attached hydrogen (secondary N) is 1. The topological polar surface area (TPSA) is 24.9 Å². The van der Waals surface area contributed by atoms with Crippen molar-refractivity contribution in [2.75, 3.05) is 11.1 Å². The molecule has 4 heteroatoms. The van der Waals surface area contributed by atoms with Crippen LogP contribution in [0.15, 0.2) is 45.8 Å². The molecule has 0 atom stereocenters. The van der Waals surface area contributed by atoms with Gasteiger partial charge in [0.1, 0.15) is 5.82 Å². The molecule has 0 bridgehead atoms. The van der Waals surface area contributed by atoms with Crippen LogP contribution in [0, 0.1) is 6.92 Å². The third-order valence-corrected chi connectivity index (χ3v) is 4.19. The van der Waals surface area contributed by atoms with Gasteiger partial charge in [-0.05, 0) is 65.0 Å². The third kappa shape index (κ3) is 3.50. The van der Waals surface area contributed by atoms with Gasteiger partial charge >= 0.3 is 0 Å². The summed E-state index contributed by atoms with van der Waals surface area (Å²) in [6.07, 6.45) is 0. The molecule has 18 heavy (non-hydrogen) atoms. The first kappa shape index (κ1) is 13.4. The molecule has 2 nitrogen and oxygen atoms in total. The number of aromatic nitrogens is 1. The largest absolute Gasteiger partial charge is 0.340 e. The van der Waals surface area contributed by atoms with Crippen molar-refractivity contribution >= 4 is 39.2 Å². The predicted molar refractivity (Wildman–Crippen MR) is 82.8 cm³/mol. The molecule has 0 unspecified atom stereocenters. The third-order valence-electron chi connectivity index (χ3n) is 2.46. The van der Waals surface area contributed by atoms with Crippen molar-refractivity contribution in [3.05, 3.63) is 46.6 Å². The lowest BCUT2D eigenvalue weighted by molar-refractivity contribution is 1.18. The van der Waals surface area contributed by atoms with Gasteiger partial charge < -0.3 is 5.32 Å². The molecule has 2 rings (SSSR count). The van der Waals surface area contributed by atoms with Gasteiger partial charge in [0.25, 0.3) is 0 Å². The molecule has 0 amide bonds. The van der Waals surface area contributed by atoms with Crippen LogP contribution in [0.2, 0.25) is 0 Å². The van der Waals surface area contributed by atoms with E-state index in [1.54, 1.807) is 0 Å². The molecular weight excluding hydrogens is 308 g/mol. The highest BCUT2D eigenvalue weighted by Crippen LogP contribution is 2.23. The molecule has 0 saturated carbocycles. The first-order chi connectivity index (χ1) is 8.69. The van der Waals surface area contributed by atoms with Gasteiger partial charge in [-0.1, -0.05) is 6.92 Å². The van der Waals surface area contributed by atoms with Crippen LogP contribution in [0.3, 0.4) is 0 Å². The smallest absolute Gasteiger partial charge is 0.130 e. The Labute approximate surface area is 120 Å². The van der Waals surface area contributed by atoms with Crippen LogP contribution in [-0.4, -0.2) is 10.7 Å². The van der Waals surface area contributed by atoms with E-state index < -0.39 is 0 Å². The van der Waals surface area contributed by atoms with E-state index in [2.05, 4.69) is 57.4 Å². The van der Waals surface area contributed by atoms with Crippen molar-refractivity contribution in [3.8, 4) is 0 Å². The number of hydrogen-bond acceptors (Lipinski definition) is 3. The van der Waals surface area contributed by atoms with Crippen molar-refractivity contribution in [2.45, 2.75) is 18.7 Å². The van der Waals surface area contributed by atoms with E-state index in [1.165, 1.54) is 4.90 Å². The molecule has 0 radical (unpaired) electrons. The first-order valence-corrected chi connectivity index (χ1v) is 7.60. The van der Waals surface area contributed by atoms with Crippen LogP contribution in [0.5, 0.6) is 0 Å². The molecule has 0 saturated heterocycles. The Morgan fingerprint density at radius 3 is 2.50 bits per heavy atom. The number of pyridine rings is 1. The van der Waals surface area contributed by atoms with Crippen LogP contribution in [0.4, 0.5) is 11.5 Å². The SMILES string of the molecule is CCSc1ccc(Nc2ccc(Br)c(C)n2)cc1. The first-order valence-electron chi connectivity index (χ1n) is 5.82. The summed E-state index contributed by atoms with van der Waals surface area (Å²) in [5, 5.41) is 3.30. The molecule has 1 heterocycles. The number of rotatable bonds is 4. The highest BCUT2D eigenvalue weighted by atomic mass is 79.9. The van der Waals surface area contributed by atoms with Crippen LogP contribution in [0.25, 0.3) is 0 Å². The molecule has 0 spiro atoms. The Morgan fingerprint density at radius 2 is 1.89 bits per heavy atom. The number of anilines is 2. The lowest BCUT2D eigenvalue weighted by Crippen LogP contribution is -1.95. The zero-order chi connectivity index (χ0) is 13.0. The highest BCUT2D eigenvalue weighted by Gasteiger charge is 2.00. The molecule has 1 N–H and O–H groups in total. The van der Waals surface area contributed by atoms with Gasteiger partial charge in [-0.2, -0.15) is 0 Å². The summed E-state index contributed by atoms with van der Waals surface area (Å²) in [6.45, 7) is 4.14. The van der Waals surface area contributed by atoms with E-state index in [1.807, 2.05) is 30.8 Å². The van der Waals surface area contributed by atoms with Crippen LogP contribution >= 0.6 is 27.7 Å². The minimum absolute atomic E-state index is 0.867. The Hall–Kier alpha value is -1.00. The number of thioether (sulfide) groups is 1. The Bertz CT molecular complexity index is 526. The number of hydrogen-bond donors (Lipinski definition) is 1. The van der Waals surface area contributed by atoms with Gasteiger partial charge in [0.2, 0.25) is 0 Å². The normalized spacial score (nSPS) is 10.4. The molecule has 1 aromatic carbocycles. The quantitative estimate of drug-likeness (QED) is 0.801. The van der Waals surface area contributed by atoms with E-state index in [-0.39, 0.29) is 0 Å². The fourth-order valence-electron chi connectivity index (χ4n) is 1.56. The van der Waals surface area contributed by atoms with Crippen molar-refractivity contribution < 1.29 is 0 Å². The summed E-state index contributed by atoms with van der Waals surface area (Å²) in [7, 11) is 0. The number of nitrogens with zero attached hydrogens (tertiary/aromatic N) is 1. The summed E-state index contributed by atoms with van der Waals surface area (Å²) in [6, 6.07) is 12.4. The minimum atomic E-state index is 0.867. The maximum absolute atomic E-state index is 4.46. The van der Waals surface area contributed by atoms with Crippen LogP contribution < -0.4 is 5.32 Å². The lowest BCUT2D eigenvalue weighted by Gasteiger charge is -2.08. The average Bonchev–Trinajstić information content (AvgIpc) is 2.37. The van der Waals surface area contributed by atoms with E-state index >= 15 is 0 Å². The maximum Gasteiger partial charge on any atom is 0.130 e. The second-order valence-electron chi connectivity index (χ2n) is 3.85. The van der Waals surface area contributed by atoms with Crippen LogP contribution in [-0.2, 0) is 0 Å². The molecular formula is C14H15BrN2S. The van der Waals surface area contributed by atoms with Gasteiger partial charge in [0.15, 0.2) is 0 Å². The fraction of sp³-hybridized carbons (Fsp3) is 0.214. The van der Waals surface area contributed by atoms with Gasteiger partial charge in [0, 0.05) is 15.1 Å². The molecule has 0 fully saturated rings. The molecule has 2 aromatic rings. The average molecular weight is 323 g/mol. The summed E-state index contributed by atoms with van der Waals surface area (Å²) in [5.41, 5.74) is 2.04. The Balaban J connectivity index is 2.10. The zero-order valence-corrected chi connectivity index (χ0v) is 12.8. The molecule has 0 aliphatic rings. The van der Waals surface area contributed by atoms with Gasteiger partial charge in [0.05, 0.1) is 5.69 Å². The van der Waals surface area contributed by atoms with Gasteiger partial charge in [-0.25, -0.2) is 4.98 Å². The molecule has 94 valence electrons. The van der Waals surface area contributed by atoms with Crippen molar-refractivity contribution in [3.63, 3.8) is 0 Å². The predicted octanol–water partition coefficient (Wildman–Crippen LogP) is 5.01. The highest BCUT2D eigenvalue weighted by molar-refractivity contribution is 9.10. The second kappa shape index (κ2) is 6.25. The van der Waals surface area contributed by atoms with E-state index in [0.29, 0.717) is 0 Å². The second-order valence-corrected chi connectivity index (χ2v) is 6.04. The standard InChI is InChI=1S/C14H15BrN2S/c1-3-18-12-6-4-11(5-7-12)17-14-9-8-13(15)10(2)16-14/h4-9H,3H2,1-2H3,(H,16,17). The minimum Gasteiger partial charge on any atom is -0.340 e. The van der Waals surface area contributed by atoms with Crippen molar-refractivity contribution in [1.82, 2.24) is 4.98 Å². The molecule has 1 aromatic heterocycles. The maximum atomic E-state index is 4.46. The fourth-order valence-corrected chi connectivity index (χ4v) is 2.45. The monoisotopic (exact) mass is 322 g/mol. The number of halogens is 1. The molecule has 0 aliphatic heterocycles. The van der Waals surface area contributed by atoms with Gasteiger partial charge in [-0.3, -0.25) is 0 Å². The summed E-state index contributed by atoms with van der Waals surface area (Å²) >= 11 is 5.29. The van der Waals surface area contributed by atoms with E-state index in [4.69, 9.17) is 0 Å². The van der Waals surface area contributed by atoms with E-state index in [0.717, 1.165) is 27.4 Å². The Kier molecular flexibility index (Phi) is 4.66. The van der Waals surface area contributed by atoms with E-state index in [9.17, 15) is 0 Å². The van der Waals surface area contributed by atoms with Crippen LogP contribution in [0.1, 0.15) is 12.6 Å². The zero-order valence-electron chi connectivity index (χ0n) is 10.4. The van der Waals surface area contributed by atoms with Crippen molar-refractivity contribution in [2.24, 2.45) is 0 Å². The number of benzene rings is 1.